The molecule has 2 heterocycles. The fourth-order valence-corrected chi connectivity index (χ4v) is 5.36. The van der Waals surface area contributed by atoms with Crippen molar-refractivity contribution in [1.82, 2.24) is 5.32 Å². The summed E-state index contributed by atoms with van der Waals surface area (Å²) in [6.07, 6.45) is -24.8. The highest BCUT2D eigenvalue weighted by atomic mass is 16.7. The Hall–Kier alpha value is -0.980. The second kappa shape index (κ2) is 15.5. The molecule has 0 bridgehead atoms. The summed E-state index contributed by atoms with van der Waals surface area (Å²) >= 11 is 0. The summed E-state index contributed by atoms with van der Waals surface area (Å²) in [5, 5.41) is 135. The van der Waals surface area contributed by atoms with Crippen LogP contribution in [0.2, 0.25) is 0 Å². The van der Waals surface area contributed by atoms with E-state index in [0.717, 1.165) is 0 Å². The molecule has 0 saturated carbocycles. The molecule has 18 atom stereocenters. The molecule has 0 aromatic rings. The van der Waals surface area contributed by atoms with Gasteiger partial charge in [0, 0.05) is 0 Å². The SMILES string of the molecule is CC(O)[C@H](O)C(O[C@H]1OC(CO)C(O[C@@H]2O[C@H](C)C(NC3C=C(CO)[C@@H](O)C(O)[C@H]3O)[C@H](O)C2O)C(O)[C@H]1O)[C@H](O)CO. The third-order valence-electron chi connectivity index (χ3n) is 8.03. The maximum Gasteiger partial charge on any atom is 0.187 e. The Morgan fingerprint density at radius 1 is 0.837 bits per heavy atom. The number of rotatable bonds is 12. The van der Waals surface area contributed by atoms with Crippen molar-refractivity contribution in [1.29, 1.82) is 0 Å². The van der Waals surface area contributed by atoms with Crippen LogP contribution < -0.4 is 5.32 Å². The molecule has 1 aliphatic carbocycles. The van der Waals surface area contributed by atoms with Crippen LogP contribution in [0.3, 0.4) is 0 Å². The minimum atomic E-state index is -1.94. The molecule has 3 aliphatic rings. The lowest BCUT2D eigenvalue weighted by Gasteiger charge is -2.48. The molecule has 3 rings (SSSR count). The molecule has 2 saturated heterocycles. The molecule has 18 nitrogen and oxygen atoms in total. The van der Waals surface area contributed by atoms with Gasteiger partial charge in [-0.2, -0.15) is 0 Å². The van der Waals surface area contributed by atoms with E-state index in [1.165, 1.54) is 19.9 Å². The molecule has 43 heavy (non-hydrogen) atoms. The fourth-order valence-electron chi connectivity index (χ4n) is 5.36. The van der Waals surface area contributed by atoms with Crippen LogP contribution in [0.25, 0.3) is 0 Å². The van der Waals surface area contributed by atoms with Crippen LogP contribution in [0.15, 0.2) is 11.6 Å². The van der Waals surface area contributed by atoms with E-state index >= 15 is 0 Å². The average molecular weight is 632 g/mol. The van der Waals surface area contributed by atoms with Crippen molar-refractivity contribution in [3.63, 3.8) is 0 Å². The largest absolute Gasteiger partial charge is 0.394 e. The van der Waals surface area contributed by atoms with Crippen LogP contribution >= 0.6 is 0 Å². The van der Waals surface area contributed by atoms with Crippen molar-refractivity contribution < 1.29 is 85.3 Å². The van der Waals surface area contributed by atoms with E-state index in [1.807, 2.05) is 0 Å². The van der Waals surface area contributed by atoms with Gasteiger partial charge in [-0.05, 0) is 19.4 Å². The molecular weight excluding hydrogens is 586 g/mol. The van der Waals surface area contributed by atoms with Gasteiger partial charge >= 0.3 is 0 Å². The van der Waals surface area contributed by atoms with Gasteiger partial charge in [0.05, 0.1) is 44.1 Å². The van der Waals surface area contributed by atoms with Crippen molar-refractivity contribution in [2.75, 3.05) is 19.8 Å². The molecule has 2 fully saturated rings. The van der Waals surface area contributed by atoms with Crippen molar-refractivity contribution in [2.45, 2.75) is 124 Å². The first-order valence-electron chi connectivity index (χ1n) is 13.9. The predicted molar refractivity (Wildman–Crippen MR) is 139 cm³/mol. The van der Waals surface area contributed by atoms with Gasteiger partial charge in [0.2, 0.25) is 0 Å². The van der Waals surface area contributed by atoms with E-state index in [1.54, 1.807) is 0 Å². The van der Waals surface area contributed by atoms with Crippen molar-refractivity contribution in [3.8, 4) is 0 Å². The number of hydrogen-bond acceptors (Lipinski definition) is 18. The Bertz CT molecular complexity index is 896. The summed E-state index contributed by atoms with van der Waals surface area (Å²) in [4.78, 5) is 0. The van der Waals surface area contributed by atoms with Gasteiger partial charge in [0.1, 0.15) is 73.2 Å². The van der Waals surface area contributed by atoms with Gasteiger partial charge in [-0.25, -0.2) is 0 Å². The molecule has 9 unspecified atom stereocenters. The Kier molecular flexibility index (Phi) is 13.2. The number of nitrogens with one attached hydrogen (secondary N) is 1. The summed E-state index contributed by atoms with van der Waals surface area (Å²) in [6.45, 7) is 0.302. The van der Waals surface area contributed by atoms with Gasteiger partial charge in [-0.3, -0.25) is 0 Å². The van der Waals surface area contributed by atoms with Crippen molar-refractivity contribution >= 4 is 0 Å². The van der Waals surface area contributed by atoms with E-state index in [0.29, 0.717) is 0 Å². The van der Waals surface area contributed by atoms with E-state index in [9.17, 15) is 66.4 Å². The van der Waals surface area contributed by atoms with Crippen LogP contribution in [-0.4, -0.2) is 196 Å². The average Bonchev–Trinajstić information content (AvgIpc) is 2.98. The lowest BCUT2D eigenvalue weighted by atomic mass is 9.86. The van der Waals surface area contributed by atoms with Crippen LogP contribution in [0.5, 0.6) is 0 Å². The quantitative estimate of drug-likeness (QED) is 0.0889. The van der Waals surface area contributed by atoms with Crippen molar-refractivity contribution in [2.24, 2.45) is 0 Å². The van der Waals surface area contributed by atoms with Gasteiger partial charge in [0.15, 0.2) is 12.6 Å². The van der Waals surface area contributed by atoms with Crippen molar-refractivity contribution in [3.05, 3.63) is 11.6 Å². The highest BCUT2D eigenvalue weighted by molar-refractivity contribution is 5.22. The van der Waals surface area contributed by atoms with Crippen LogP contribution in [0.4, 0.5) is 0 Å². The maximum absolute atomic E-state index is 10.9. The third kappa shape index (κ3) is 7.88. The maximum atomic E-state index is 10.9. The highest BCUT2D eigenvalue weighted by Crippen LogP contribution is 2.31. The van der Waals surface area contributed by atoms with E-state index in [-0.39, 0.29) is 5.57 Å². The Morgan fingerprint density at radius 3 is 2.02 bits per heavy atom. The monoisotopic (exact) mass is 631 g/mol. The molecule has 0 amide bonds. The van der Waals surface area contributed by atoms with Gasteiger partial charge in [-0.1, -0.05) is 6.08 Å². The fraction of sp³-hybridized carbons (Fsp3) is 0.920. The highest BCUT2D eigenvalue weighted by Gasteiger charge is 2.52. The second-order valence-electron chi connectivity index (χ2n) is 11.1. The molecule has 0 spiro atoms. The number of aliphatic hydroxyl groups excluding tert-OH is 13. The molecule has 18 heteroatoms. The molecule has 14 N–H and O–H groups in total. The first kappa shape index (κ1) is 36.5. The van der Waals surface area contributed by atoms with Gasteiger partial charge in [0.25, 0.3) is 0 Å². The zero-order chi connectivity index (χ0) is 32.3. The van der Waals surface area contributed by atoms with Gasteiger partial charge < -0.3 is 90.6 Å². The molecule has 2 aliphatic heterocycles. The zero-order valence-corrected chi connectivity index (χ0v) is 23.5. The minimum Gasteiger partial charge on any atom is -0.394 e. The molecule has 0 aromatic carbocycles. The minimum absolute atomic E-state index is 0.0238. The van der Waals surface area contributed by atoms with E-state index < -0.39 is 130 Å². The topological polar surface area (TPSA) is 312 Å². The third-order valence-corrected chi connectivity index (χ3v) is 8.03. The van der Waals surface area contributed by atoms with Gasteiger partial charge in [-0.15, -0.1) is 0 Å². The summed E-state index contributed by atoms with van der Waals surface area (Å²) in [5.41, 5.74) is 0.0238. The molecule has 252 valence electrons. The van der Waals surface area contributed by atoms with E-state index in [4.69, 9.17) is 18.9 Å². The first-order chi connectivity index (χ1) is 20.2. The lowest BCUT2D eigenvalue weighted by Crippen LogP contribution is -2.68. The number of hydrogen-bond donors (Lipinski definition) is 14. The molecule has 0 aromatic heterocycles. The van der Waals surface area contributed by atoms with Crippen LogP contribution in [0, 0.1) is 0 Å². The zero-order valence-electron chi connectivity index (χ0n) is 23.5. The summed E-state index contributed by atoms with van der Waals surface area (Å²) in [7, 11) is 0. The number of aliphatic hydroxyl groups is 13. The molecule has 0 radical (unpaired) electrons. The first-order valence-corrected chi connectivity index (χ1v) is 13.9. The number of ether oxygens (including phenoxy) is 4. The Balaban J connectivity index is 1.70. The van der Waals surface area contributed by atoms with Crippen LogP contribution in [-0.2, 0) is 18.9 Å². The summed E-state index contributed by atoms with van der Waals surface area (Å²) in [6, 6.07) is -2.16. The smallest absolute Gasteiger partial charge is 0.187 e. The summed E-state index contributed by atoms with van der Waals surface area (Å²) < 4.78 is 22.2. The normalized spacial score (nSPS) is 45.2. The Morgan fingerprint density at radius 2 is 1.47 bits per heavy atom. The lowest BCUT2D eigenvalue weighted by molar-refractivity contribution is -0.361. The van der Waals surface area contributed by atoms with E-state index in [2.05, 4.69) is 5.32 Å². The van der Waals surface area contributed by atoms with Crippen LogP contribution in [0.1, 0.15) is 13.8 Å². The molecular formula is C25H45NO17. The predicted octanol–water partition coefficient (Wildman–Crippen LogP) is -7.90. The summed E-state index contributed by atoms with van der Waals surface area (Å²) in [5.74, 6) is 0. The second-order valence-corrected chi connectivity index (χ2v) is 11.1. The standard InChI is InChI=1S/C25H45NO17/c1-7(30)14(32)22(11(31)5-28)42-25-21(39)19(37)23(12(6-29)41-25)43-24-20(38)17(35)13(8(2)40-24)26-10-3-9(4-27)15(33)18(36)16(10)34/h3,7-8,10-39H,4-6H2,1-2H3/t7?,8-,10?,11-,12?,13?,14+,15-,16+,17+,18?,19?,20?,21-,22?,23?,24+,25-/m1/s1. The Labute approximate surface area is 246 Å².